The van der Waals surface area contributed by atoms with Crippen molar-refractivity contribution in [2.75, 3.05) is 12.4 Å². The molecule has 0 aromatic heterocycles. The summed E-state index contributed by atoms with van der Waals surface area (Å²) in [6.07, 6.45) is -4.83. The highest BCUT2D eigenvalue weighted by atomic mass is 32.2. The second-order valence-electron chi connectivity index (χ2n) is 5.02. The van der Waals surface area contributed by atoms with Gasteiger partial charge in [-0.15, -0.1) is 0 Å². The maximum absolute atomic E-state index is 12.2. The first-order valence-corrected chi connectivity index (χ1v) is 8.14. The van der Waals surface area contributed by atoms with Gasteiger partial charge in [0, 0.05) is 5.75 Å². The SMILES string of the molecule is O=S(CCc1ccccc1)[C@H]1O[C@H](CO)[C@@H](O)[C@H](O)[C@@H]1O. The molecular weight excluding hydrogens is 296 g/mol. The maximum atomic E-state index is 12.2. The fourth-order valence-corrected chi connectivity index (χ4v) is 3.67. The first kappa shape index (κ1) is 16.5. The van der Waals surface area contributed by atoms with Crippen molar-refractivity contribution in [2.45, 2.75) is 36.3 Å². The summed E-state index contributed by atoms with van der Waals surface area (Å²) in [4.78, 5) is 0. The summed E-state index contributed by atoms with van der Waals surface area (Å²) in [6.45, 7) is -0.517. The van der Waals surface area contributed by atoms with Gasteiger partial charge in [-0.1, -0.05) is 30.3 Å². The number of aryl methyl sites for hydroxylation is 1. The molecule has 0 radical (unpaired) electrons. The largest absolute Gasteiger partial charge is 0.394 e. The van der Waals surface area contributed by atoms with Crippen LogP contribution in [0.3, 0.4) is 0 Å². The second kappa shape index (κ2) is 7.44. The molecule has 0 saturated carbocycles. The Hall–Kier alpha value is -0.830. The van der Waals surface area contributed by atoms with Crippen LogP contribution < -0.4 is 0 Å². The zero-order valence-corrected chi connectivity index (χ0v) is 12.2. The summed E-state index contributed by atoms with van der Waals surface area (Å²) in [6, 6.07) is 9.46. The van der Waals surface area contributed by atoms with Gasteiger partial charge in [-0.05, 0) is 12.0 Å². The minimum atomic E-state index is -1.55. The van der Waals surface area contributed by atoms with Gasteiger partial charge < -0.3 is 25.2 Å². The molecule has 2 rings (SSSR count). The third kappa shape index (κ3) is 3.88. The van der Waals surface area contributed by atoms with Crippen molar-refractivity contribution in [3.05, 3.63) is 35.9 Å². The molecule has 118 valence electrons. The molecule has 1 aliphatic heterocycles. The van der Waals surface area contributed by atoms with Crippen LogP contribution in [-0.2, 0) is 22.0 Å². The molecule has 1 unspecified atom stereocenters. The van der Waals surface area contributed by atoms with Crippen LogP contribution in [0.15, 0.2) is 30.3 Å². The number of ether oxygens (including phenoxy) is 1. The van der Waals surface area contributed by atoms with Gasteiger partial charge >= 0.3 is 0 Å². The van der Waals surface area contributed by atoms with Gasteiger partial charge in [-0.25, -0.2) is 0 Å². The zero-order valence-electron chi connectivity index (χ0n) is 11.4. The van der Waals surface area contributed by atoms with Gasteiger partial charge in [0.05, 0.1) is 17.4 Å². The Balaban J connectivity index is 1.97. The Kier molecular flexibility index (Phi) is 5.86. The Morgan fingerprint density at radius 3 is 2.33 bits per heavy atom. The topological polar surface area (TPSA) is 107 Å². The molecule has 1 fully saturated rings. The van der Waals surface area contributed by atoms with Crippen LogP contribution >= 0.6 is 0 Å². The van der Waals surface area contributed by atoms with E-state index in [2.05, 4.69) is 0 Å². The van der Waals surface area contributed by atoms with E-state index in [4.69, 9.17) is 9.84 Å². The lowest BCUT2D eigenvalue weighted by Crippen LogP contribution is -2.59. The van der Waals surface area contributed by atoms with Crippen LogP contribution in [0.25, 0.3) is 0 Å². The van der Waals surface area contributed by atoms with Crippen molar-refractivity contribution in [2.24, 2.45) is 0 Å². The van der Waals surface area contributed by atoms with Crippen LogP contribution in [0, 0.1) is 0 Å². The summed E-state index contributed by atoms with van der Waals surface area (Å²) in [7, 11) is -1.55. The standard InChI is InChI=1S/C14H20O6S/c15-8-10-11(16)12(17)13(18)14(20-10)21(19)7-6-9-4-2-1-3-5-9/h1-5,10-18H,6-8H2/t10-,11-,12+,13+,14-,21?/m1/s1. The molecule has 0 bridgehead atoms. The fraction of sp³-hybridized carbons (Fsp3) is 0.571. The van der Waals surface area contributed by atoms with Crippen molar-refractivity contribution in [1.29, 1.82) is 0 Å². The molecular formula is C14H20O6S. The van der Waals surface area contributed by atoms with Crippen LogP contribution in [0.4, 0.5) is 0 Å². The number of rotatable bonds is 5. The lowest BCUT2D eigenvalue weighted by Gasteiger charge is -2.39. The van der Waals surface area contributed by atoms with E-state index in [0.717, 1.165) is 5.56 Å². The molecule has 4 N–H and O–H groups in total. The number of benzene rings is 1. The predicted octanol–water partition coefficient (Wildman–Crippen LogP) is -1.22. The Bertz CT molecular complexity index is 466. The first-order chi connectivity index (χ1) is 10.0. The maximum Gasteiger partial charge on any atom is 0.161 e. The predicted molar refractivity (Wildman–Crippen MR) is 76.9 cm³/mol. The minimum absolute atomic E-state index is 0.257. The van der Waals surface area contributed by atoms with Crippen LogP contribution in [0.5, 0.6) is 0 Å². The van der Waals surface area contributed by atoms with Crippen molar-refractivity contribution in [1.82, 2.24) is 0 Å². The minimum Gasteiger partial charge on any atom is -0.394 e. The van der Waals surface area contributed by atoms with Crippen LogP contribution in [0.2, 0.25) is 0 Å². The molecule has 6 nitrogen and oxygen atoms in total. The van der Waals surface area contributed by atoms with Crippen LogP contribution in [0.1, 0.15) is 5.56 Å². The molecule has 6 atom stereocenters. The third-order valence-electron chi connectivity index (χ3n) is 3.54. The number of aliphatic hydroxyl groups excluding tert-OH is 4. The quantitative estimate of drug-likeness (QED) is 0.542. The monoisotopic (exact) mass is 316 g/mol. The fourth-order valence-electron chi connectivity index (χ4n) is 2.26. The molecule has 21 heavy (non-hydrogen) atoms. The number of hydrogen-bond donors (Lipinski definition) is 4. The van der Waals surface area contributed by atoms with Gasteiger partial charge in [0.15, 0.2) is 5.44 Å². The third-order valence-corrected chi connectivity index (χ3v) is 5.06. The van der Waals surface area contributed by atoms with Crippen molar-refractivity contribution >= 4 is 10.8 Å². The van der Waals surface area contributed by atoms with Gasteiger partial charge in [0.2, 0.25) is 0 Å². The highest BCUT2D eigenvalue weighted by molar-refractivity contribution is 7.85. The Morgan fingerprint density at radius 1 is 1.05 bits per heavy atom. The van der Waals surface area contributed by atoms with Gasteiger partial charge in [0.25, 0.3) is 0 Å². The average Bonchev–Trinajstić information content (AvgIpc) is 2.52. The van der Waals surface area contributed by atoms with E-state index >= 15 is 0 Å². The van der Waals surface area contributed by atoms with E-state index in [1.165, 1.54) is 0 Å². The molecule has 0 aliphatic carbocycles. The van der Waals surface area contributed by atoms with Gasteiger partial charge in [0.1, 0.15) is 24.4 Å². The molecule has 1 saturated heterocycles. The number of aliphatic hydroxyl groups is 4. The summed E-state index contributed by atoms with van der Waals surface area (Å²) >= 11 is 0. The summed E-state index contributed by atoms with van der Waals surface area (Å²) in [5.74, 6) is 0.257. The molecule has 0 amide bonds. The molecule has 0 spiro atoms. The van der Waals surface area contributed by atoms with Gasteiger partial charge in [-0.2, -0.15) is 0 Å². The lowest BCUT2D eigenvalue weighted by atomic mass is 10.0. The van der Waals surface area contributed by atoms with E-state index in [9.17, 15) is 19.5 Å². The van der Waals surface area contributed by atoms with Crippen molar-refractivity contribution in [3.63, 3.8) is 0 Å². The first-order valence-electron chi connectivity index (χ1n) is 6.76. The van der Waals surface area contributed by atoms with E-state index in [1.807, 2.05) is 30.3 Å². The Morgan fingerprint density at radius 2 is 1.71 bits per heavy atom. The average molecular weight is 316 g/mol. The van der Waals surface area contributed by atoms with Crippen molar-refractivity contribution in [3.8, 4) is 0 Å². The summed E-state index contributed by atoms with van der Waals surface area (Å²) < 4.78 is 17.5. The molecule has 1 aliphatic rings. The molecule has 1 heterocycles. The van der Waals surface area contributed by atoms with E-state index in [0.29, 0.717) is 6.42 Å². The zero-order chi connectivity index (χ0) is 15.4. The van der Waals surface area contributed by atoms with Crippen LogP contribution in [-0.4, -0.2) is 66.8 Å². The Labute approximate surface area is 125 Å². The van der Waals surface area contributed by atoms with E-state index in [-0.39, 0.29) is 5.75 Å². The highest BCUT2D eigenvalue weighted by Crippen LogP contribution is 2.23. The molecule has 1 aromatic rings. The van der Waals surface area contributed by atoms with Gasteiger partial charge in [-0.3, -0.25) is 4.21 Å². The van der Waals surface area contributed by atoms with E-state index in [1.54, 1.807) is 0 Å². The molecule has 7 heteroatoms. The summed E-state index contributed by atoms with van der Waals surface area (Å²) in [5.41, 5.74) is -0.111. The molecule has 1 aromatic carbocycles. The highest BCUT2D eigenvalue weighted by Gasteiger charge is 2.45. The normalized spacial score (nSPS) is 34.6. The van der Waals surface area contributed by atoms with E-state index < -0.39 is 47.3 Å². The number of hydrogen-bond acceptors (Lipinski definition) is 6. The second-order valence-corrected chi connectivity index (χ2v) is 6.65. The van der Waals surface area contributed by atoms with Crippen molar-refractivity contribution < 1.29 is 29.4 Å². The summed E-state index contributed by atoms with van der Waals surface area (Å²) in [5, 5.41) is 38.3. The lowest BCUT2D eigenvalue weighted by molar-refractivity contribution is -0.206. The smallest absolute Gasteiger partial charge is 0.161 e.